The molecular weight excluding hydrogens is 459 g/mol. The van der Waals surface area contributed by atoms with Crippen LogP contribution in [0.2, 0.25) is 0 Å². The maximum Gasteiger partial charge on any atom is 0.188 e. The van der Waals surface area contributed by atoms with Gasteiger partial charge in [-0.2, -0.15) is 0 Å². The Labute approximate surface area is 211 Å². The van der Waals surface area contributed by atoms with E-state index in [0.717, 1.165) is 54.3 Å². The highest BCUT2D eigenvalue weighted by Gasteiger charge is 2.19. The van der Waals surface area contributed by atoms with Crippen LogP contribution in [0, 0.1) is 5.82 Å². The van der Waals surface area contributed by atoms with Crippen molar-refractivity contribution in [3.63, 3.8) is 0 Å². The van der Waals surface area contributed by atoms with Gasteiger partial charge in [-0.3, -0.25) is 9.69 Å². The van der Waals surface area contributed by atoms with E-state index in [1.54, 1.807) is 19.3 Å². The fourth-order valence-electron chi connectivity index (χ4n) is 4.46. The smallest absolute Gasteiger partial charge is 0.188 e. The second-order valence-electron chi connectivity index (χ2n) is 8.57. The number of methoxy groups -OCH3 is 2. The molecule has 7 heteroatoms. The van der Waals surface area contributed by atoms with Crippen LogP contribution in [0.25, 0.3) is 17.2 Å². The van der Waals surface area contributed by atoms with Crippen LogP contribution in [-0.4, -0.2) is 69.3 Å². The normalized spacial score (nSPS) is 14.3. The second kappa shape index (κ2) is 11.8. The number of rotatable bonds is 9. The second-order valence-corrected chi connectivity index (χ2v) is 8.57. The van der Waals surface area contributed by atoms with Crippen molar-refractivity contribution < 1.29 is 23.8 Å². The van der Waals surface area contributed by atoms with Gasteiger partial charge in [-0.05, 0) is 53.6 Å². The summed E-state index contributed by atoms with van der Waals surface area (Å²) in [7, 11) is 3.10. The fourth-order valence-corrected chi connectivity index (χ4v) is 4.46. The average Bonchev–Trinajstić information content (AvgIpc) is 2.92. The highest BCUT2D eigenvalue weighted by molar-refractivity contribution is 6.07. The molecule has 0 unspecified atom stereocenters. The summed E-state index contributed by atoms with van der Waals surface area (Å²) < 4.78 is 25.1. The van der Waals surface area contributed by atoms with Crippen LogP contribution in [-0.2, 0) is 0 Å². The first-order chi connectivity index (χ1) is 17.5. The van der Waals surface area contributed by atoms with Gasteiger partial charge in [0.15, 0.2) is 5.78 Å². The summed E-state index contributed by atoms with van der Waals surface area (Å²) in [5, 5.41) is 9.25. The molecule has 1 fully saturated rings. The third kappa shape index (κ3) is 5.75. The van der Waals surface area contributed by atoms with Crippen LogP contribution < -0.4 is 14.4 Å². The molecule has 0 atom stereocenters. The number of carbonyl (C=O) groups is 1. The maximum atomic E-state index is 14.5. The number of halogens is 1. The van der Waals surface area contributed by atoms with Crippen LogP contribution in [0.4, 0.5) is 10.1 Å². The number of carbonyl (C=O) groups excluding carboxylic acids is 1. The van der Waals surface area contributed by atoms with Gasteiger partial charge in [0.1, 0.15) is 17.3 Å². The Kier molecular flexibility index (Phi) is 8.36. The molecule has 1 aliphatic rings. The van der Waals surface area contributed by atoms with E-state index in [1.165, 1.54) is 25.3 Å². The number of para-hydroxylation sites is 1. The van der Waals surface area contributed by atoms with Gasteiger partial charge in [-0.25, -0.2) is 4.39 Å². The van der Waals surface area contributed by atoms with Crippen LogP contribution in [0.15, 0.2) is 66.7 Å². The van der Waals surface area contributed by atoms with Crippen molar-refractivity contribution in [2.24, 2.45) is 0 Å². The van der Waals surface area contributed by atoms with Gasteiger partial charge < -0.3 is 19.5 Å². The van der Waals surface area contributed by atoms with Crippen LogP contribution in [0.1, 0.15) is 15.9 Å². The number of piperazine rings is 1. The Morgan fingerprint density at radius 1 is 1.00 bits per heavy atom. The minimum absolute atomic E-state index is 0.00731. The lowest BCUT2D eigenvalue weighted by molar-refractivity contribution is 0.104. The van der Waals surface area contributed by atoms with Crippen LogP contribution in [0.5, 0.6) is 11.5 Å². The third-order valence-electron chi connectivity index (χ3n) is 6.43. The van der Waals surface area contributed by atoms with E-state index < -0.39 is 11.6 Å². The molecule has 1 saturated heterocycles. The summed E-state index contributed by atoms with van der Waals surface area (Å²) in [4.78, 5) is 17.4. The highest BCUT2D eigenvalue weighted by atomic mass is 19.1. The number of aliphatic hydroxyl groups is 1. The summed E-state index contributed by atoms with van der Waals surface area (Å²) in [5.74, 6) is 0.0814. The van der Waals surface area contributed by atoms with Crippen molar-refractivity contribution in [2.45, 2.75) is 0 Å². The lowest BCUT2D eigenvalue weighted by atomic mass is 9.99. The Bertz CT molecular complexity index is 1240. The monoisotopic (exact) mass is 490 g/mol. The van der Waals surface area contributed by atoms with Crippen molar-refractivity contribution in [1.82, 2.24) is 4.90 Å². The molecular formula is C29H31FN2O4. The van der Waals surface area contributed by atoms with Gasteiger partial charge in [0.25, 0.3) is 0 Å². The van der Waals surface area contributed by atoms with Gasteiger partial charge in [0.05, 0.1) is 26.4 Å². The number of β-amino-alcohol motifs (C(OH)–C–C–N with tert-alkyl or cyclic N) is 1. The molecule has 36 heavy (non-hydrogen) atoms. The predicted molar refractivity (Wildman–Crippen MR) is 140 cm³/mol. The zero-order valence-electron chi connectivity index (χ0n) is 20.6. The summed E-state index contributed by atoms with van der Waals surface area (Å²) in [6.07, 6.45) is 3.16. The molecule has 4 rings (SSSR count). The van der Waals surface area contributed by atoms with Crippen molar-refractivity contribution in [2.75, 3.05) is 58.5 Å². The Morgan fingerprint density at radius 3 is 2.47 bits per heavy atom. The lowest BCUT2D eigenvalue weighted by Gasteiger charge is -2.36. The molecule has 6 nitrogen and oxygen atoms in total. The number of aliphatic hydroxyl groups excluding tert-OH is 1. The van der Waals surface area contributed by atoms with Crippen LogP contribution in [0.3, 0.4) is 0 Å². The zero-order valence-corrected chi connectivity index (χ0v) is 20.6. The summed E-state index contributed by atoms with van der Waals surface area (Å²) >= 11 is 0. The Hall–Kier alpha value is -3.68. The molecule has 3 aromatic carbocycles. The van der Waals surface area contributed by atoms with E-state index in [-0.39, 0.29) is 12.2 Å². The van der Waals surface area contributed by atoms with Crippen LogP contribution >= 0.6 is 0 Å². The fraction of sp³-hybridized carbons (Fsp3) is 0.276. The van der Waals surface area contributed by atoms with Gasteiger partial charge in [0, 0.05) is 50.0 Å². The molecule has 1 heterocycles. The molecule has 0 amide bonds. The molecule has 0 aromatic heterocycles. The van der Waals surface area contributed by atoms with Crippen molar-refractivity contribution >= 4 is 17.5 Å². The number of ether oxygens (including phenoxy) is 2. The van der Waals surface area contributed by atoms with E-state index in [4.69, 9.17) is 9.47 Å². The average molecular weight is 491 g/mol. The minimum atomic E-state index is -0.619. The standard InChI is InChI=1S/C29H31FN2O4/c1-35-23-9-10-25(26(30)20-23)28(34)12-8-22-19-21(24-5-3-4-6-29(24)36-2)7-11-27(22)32-15-13-31(14-16-32)17-18-33/h3-12,19-20,33H,13-18H2,1-2H3. The molecule has 1 N–H and O–H groups in total. The molecule has 0 spiro atoms. The topological polar surface area (TPSA) is 62.2 Å². The molecule has 0 bridgehead atoms. The summed E-state index contributed by atoms with van der Waals surface area (Å²) in [5.41, 5.74) is 3.75. The molecule has 0 saturated carbocycles. The molecule has 3 aromatic rings. The van der Waals surface area contributed by atoms with Gasteiger partial charge in [-0.15, -0.1) is 0 Å². The quantitative estimate of drug-likeness (QED) is 0.352. The first-order valence-electron chi connectivity index (χ1n) is 12.0. The van der Waals surface area contributed by atoms with Gasteiger partial charge in [-0.1, -0.05) is 24.3 Å². The molecule has 1 aliphatic heterocycles. The highest BCUT2D eigenvalue weighted by Crippen LogP contribution is 2.34. The van der Waals surface area contributed by atoms with E-state index >= 15 is 0 Å². The maximum absolute atomic E-state index is 14.5. The van der Waals surface area contributed by atoms with Gasteiger partial charge >= 0.3 is 0 Å². The van der Waals surface area contributed by atoms with E-state index in [9.17, 15) is 14.3 Å². The first kappa shape index (κ1) is 25.4. The van der Waals surface area contributed by atoms with Crippen molar-refractivity contribution in [1.29, 1.82) is 0 Å². The van der Waals surface area contributed by atoms with E-state index in [1.807, 2.05) is 30.3 Å². The number of hydrogen-bond donors (Lipinski definition) is 1. The Balaban J connectivity index is 1.68. The molecule has 0 aliphatic carbocycles. The van der Waals surface area contributed by atoms with E-state index in [0.29, 0.717) is 12.3 Å². The Morgan fingerprint density at radius 2 is 1.78 bits per heavy atom. The number of benzene rings is 3. The van der Waals surface area contributed by atoms with E-state index in [2.05, 4.69) is 21.9 Å². The first-order valence-corrected chi connectivity index (χ1v) is 12.0. The molecule has 0 radical (unpaired) electrons. The third-order valence-corrected chi connectivity index (χ3v) is 6.43. The summed E-state index contributed by atoms with van der Waals surface area (Å²) in [6, 6.07) is 18.1. The van der Waals surface area contributed by atoms with Gasteiger partial charge in [0.2, 0.25) is 0 Å². The number of anilines is 1. The summed E-state index contributed by atoms with van der Waals surface area (Å²) in [6.45, 7) is 4.09. The lowest BCUT2D eigenvalue weighted by Crippen LogP contribution is -2.47. The van der Waals surface area contributed by atoms with Crippen molar-refractivity contribution in [3.8, 4) is 22.6 Å². The number of hydrogen-bond acceptors (Lipinski definition) is 6. The van der Waals surface area contributed by atoms with Crippen molar-refractivity contribution in [3.05, 3.63) is 83.7 Å². The number of allylic oxidation sites excluding steroid dienone is 1. The molecule has 188 valence electrons. The number of nitrogens with zero attached hydrogens (tertiary/aromatic N) is 2. The largest absolute Gasteiger partial charge is 0.497 e. The zero-order chi connectivity index (χ0) is 25.5. The minimum Gasteiger partial charge on any atom is -0.497 e. The SMILES string of the molecule is COc1ccc(C(=O)C=Cc2cc(-c3ccccc3OC)ccc2N2CCN(CCO)CC2)c(F)c1. The number of ketones is 1. The predicted octanol–water partition coefficient (Wildman–Crippen LogP) is 4.52.